The van der Waals surface area contributed by atoms with Crippen molar-refractivity contribution in [3.05, 3.63) is 35.9 Å². The van der Waals surface area contributed by atoms with Crippen LogP contribution >= 0.6 is 0 Å². The predicted molar refractivity (Wildman–Crippen MR) is 77.4 cm³/mol. The molecule has 0 bridgehead atoms. The third kappa shape index (κ3) is 2.93. The smallest absolute Gasteiger partial charge is 0.0323 e. The number of likely N-dealkylation sites (tertiary alicyclic amines) is 1. The van der Waals surface area contributed by atoms with E-state index in [4.69, 9.17) is 5.73 Å². The van der Waals surface area contributed by atoms with E-state index in [2.05, 4.69) is 49.1 Å². The van der Waals surface area contributed by atoms with Gasteiger partial charge in [0.05, 0.1) is 0 Å². The molecule has 18 heavy (non-hydrogen) atoms. The highest BCUT2D eigenvalue weighted by Gasteiger charge is 2.30. The second-order valence-corrected chi connectivity index (χ2v) is 5.51. The monoisotopic (exact) mass is 246 g/mol. The molecule has 1 aromatic rings. The van der Waals surface area contributed by atoms with Gasteiger partial charge in [-0.05, 0) is 37.8 Å². The van der Waals surface area contributed by atoms with Crippen LogP contribution in [0.15, 0.2) is 30.3 Å². The molecule has 2 heteroatoms. The standard InChI is InChI=1S/C16H26N2/c1-3-14-9-10-18(16(11-14)12-17)13(2)15-7-5-4-6-8-15/h4-8,13-14,16H,3,9-12,17H2,1-2H3. The van der Waals surface area contributed by atoms with Crippen molar-refractivity contribution in [1.29, 1.82) is 0 Å². The van der Waals surface area contributed by atoms with Gasteiger partial charge in [-0.1, -0.05) is 43.7 Å². The highest BCUT2D eigenvalue weighted by Crippen LogP contribution is 2.31. The molecule has 0 amide bonds. The van der Waals surface area contributed by atoms with Crippen molar-refractivity contribution in [1.82, 2.24) is 4.90 Å². The predicted octanol–water partition coefficient (Wildman–Crippen LogP) is 3.20. The Morgan fingerprint density at radius 2 is 2.06 bits per heavy atom. The van der Waals surface area contributed by atoms with Crippen LogP contribution in [-0.4, -0.2) is 24.0 Å². The summed E-state index contributed by atoms with van der Waals surface area (Å²) >= 11 is 0. The van der Waals surface area contributed by atoms with Crippen molar-refractivity contribution in [3.63, 3.8) is 0 Å². The molecule has 0 radical (unpaired) electrons. The maximum atomic E-state index is 5.98. The summed E-state index contributed by atoms with van der Waals surface area (Å²) in [6, 6.07) is 11.8. The molecule has 1 fully saturated rings. The molecule has 3 atom stereocenters. The molecule has 1 aromatic carbocycles. The third-order valence-corrected chi connectivity index (χ3v) is 4.50. The van der Waals surface area contributed by atoms with Crippen LogP contribution in [0, 0.1) is 5.92 Å². The van der Waals surface area contributed by atoms with Gasteiger partial charge < -0.3 is 5.73 Å². The fraction of sp³-hybridized carbons (Fsp3) is 0.625. The van der Waals surface area contributed by atoms with Crippen molar-refractivity contribution in [2.45, 2.75) is 45.2 Å². The van der Waals surface area contributed by atoms with Crippen LogP contribution in [0.2, 0.25) is 0 Å². The lowest BCUT2D eigenvalue weighted by atomic mass is 9.87. The van der Waals surface area contributed by atoms with Gasteiger partial charge >= 0.3 is 0 Å². The van der Waals surface area contributed by atoms with E-state index in [1.54, 1.807) is 0 Å². The minimum Gasteiger partial charge on any atom is -0.329 e. The number of nitrogens with two attached hydrogens (primary N) is 1. The van der Waals surface area contributed by atoms with Crippen LogP contribution in [0.1, 0.15) is 44.7 Å². The van der Waals surface area contributed by atoms with Gasteiger partial charge in [0.2, 0.25) is 0 Å². The molecule has 1 aliphatic heterocycles. The second kappa shape index (κ2) is 6.35. The van der Waals surface area contributed by atoms with Gasteiger partial charge in [-0.2, -0.15) is 0 Å². The van der Waals surface area contributed by atoms with E-state index in [1.807, 2.05) is 0 Å². The zero-order chi connectivity index (χ0) is 13.0. The quantitative estimate of drug-likeness (QED) is 0.884. The number of rotatable bonds is 4. The molecule has 100 valence electrons. The Balaban J connectivity index is 2.07. The molecule has 1 aliphatic rings. The lowest BCUT2D eigenvalue weighted by Crippen LogP contribution is -2.47. The van der Waals surface area contributed by atoms with E-state index in [9.17, 15) is 0 Å². The van der Waals surface area contributed by atoms with Crippen molar-refractivity contribution in [2.24, 2.45) is 11.7 Å². The first-order valence-electron chi connectivity index (χ1n) is 7.27. The normalized spacial score (nSPS) is 27.1. The van der Waals surface area contributed by atoms with E-state index in [1.165, 1.54) is 31.4 Å². The van der Waals surface area contributed by atoms with Gasteiger partial charge in [-0.15, -0.1) is 0 Å². The molecule has 2 rings (SSSR count). The van der Waals surface area contributed by atoms with Crippen LogP contribution < -0.4 is 5.73 Å². The number of nitrogens with zero attached hydrogens (tertiary/aromatic N) is 1. The van der Waals surface area contributed by atoms with E-state index >= 15 is 0 Å². The van der Waals surface area contributed by atoms with E-state index in [0.717, 1.165) is 12.5 Å². The van der Waals surface area contributed by atoms with E-state index in [-0.39, 0.29) is 0 Å². The van der Waals surface area contributed by atoms with Gasteiger partial charge in [0, 0.05) is 18.6 Å². The summed E-state index contributed by atoms with van der Waals surface area (Å²) in [5.74, 6) is 0.873. The van der Waals surface area contributed by atoms with Crippen LogP contribution in [-0.2, 0) is 0 Å². The minimum atomic E-state index is 0.484. The molecular weight excluding hydrogens is 220 g/mol. The zero-order valence-corrected chi connectivity index (χ0v) is 11.7. The Bertz CT molecular complexity index is 349. The molecule has 1 saturated heterocycles. The van der Waals surface area contributed by atoms with Crippen LogP contribution in [0.4, 0.5) is 0 Å². The number of piperidine rings is 1. The Morgan fingerprint density at radius 3 is 2.67 bits per heavy atom. The Hall–Kier alpha value is -0.860. The van der Waals surface area contributed by atoms with Gasteiger partial charge in [0.15, 0.2) is 0 Å². The fourth-order valence-corrected chi connectivity index (χ4v) is 3.19. The number of hydrogen-bond acceptors (Lipinski definition) is 2. The lowest BCUT2D eigenvalue weighted by molar-refractivity contribution is 0.0773. The zero-order valence-electron chi connectivity index (χ0n) is 11.7. The molecule has 0 spiro atoms. The first-order chi connectivity index (χ1) is 8.76. The molecular formula is C16H26N2. The maximum Gasteiger partial charge on any atom is 0.0323 e. The highest BCUT2D eigenvalue weighted by molar-refractivity contribution is 5.18. The van der Waals surface area contributed by atoms with Gasteiger partial charge in [0.1, 0.15) is 0 Å². The SMILES string of the molecule is CCC1CCN(C(C)c2ccccc2)C(CN)C1. The molecule has 0 aliphatic carbocycles. The second-order valence-electron chi connectivity index (χ2n) is 5.51. The number of hydrogen-bond donors (Lipinski definition) is 1. The summed E-state index contributed by atoms with van der Waals surface area (Å²) in [4.78, 5) is 2.60. The summed E-state index contributed by atoms with van der Waals surface area (Å²) in [5, 5.41) is 0. The van der Waals surface area contributed by atoms with Crippen LogP contribution in [0.25, 0.3) is 0 Å². The van der Waals surface area contributed by atoms with Gasteiger partial charge in [-0.3, -0.25) is 4.90 Å². The molecule has 1 heterocycles. The Morgan fingerprint density at radius 1 is 1.33 bits per heavy atom. The topological polar surface area (TPSA) is 29.3 Å². The summed E-state index contributed by atoms with van der Waals surface area (Å²) in [7, 11) is 0. The number of benzene rings is 1. The maximum absolute atomic E-state index is 5.98. The average molecular weight is 246 g/mol. The van der Waals surface area contributed by atoms with E-state index < -0.39 is 0 Å². The van der Waals surface area contributed by atoms with Crippen molar-refractivity contribution in [2.75, 3.05) is 13.1 Å². The molecule has 2 N–H and O–H groups in total. The van der Waals surface area contributed by atoms with Crippen molar-refractivity contribution in [3.8, 4) is 0 Å². The first-order valence-corrected chi connectivity index (χ1v) is 7.27. The first kappa shape index (κ1) is 13.6. The molecule has 2 nitrogen and oxygen atoms in total. The third-order valence-electron chi connectivity index (χ3n) is 4.50. The van der Waals surface area contributed by atoms with Crippen molar-refractivity contribution >= 4 is 0 Å². The largest absolute Gasteiger partial charge is 0.329 e. The highest BCUT2D eigenvalue weighted by atomic mass is 15.2. The van der Waals surface area contributed by atoms with Crippen molar-refractivity contribution < 1.29 is 0 Å². The summed E-state index contributed by atoms with van der Waals surface area (Å²) in [5.41, 5.74) is 7.39. The Kier molecular flexibility index (Phi) is 4.79. The summed E-state index contributed by atoms with van der Waals surface area (Å²) in [6.07, 6.45) is 3.89. The lowest BCUT2D eigenvalue weighted by Gasteiger charge is -2.42. The molecule has 3 unspecified atom stereocenters. The van der Waals surface area contributed by atoms with Crippen LogP contribution in [0.3, 0.4) is 0 Å². The van der Waals surface area contributed by atoms with Gasteiger partial charge in [0.25, 0.3) is 0 Å². The average Bonchev–Trinajstić information content (AvgIpc) is 2.46. The summed E-state index contributed by atoms with van der Waals surface area (Å²) < 4.78 is 0. The molecule has 0 aromatic heterocycles. The van der Waals surface area contributed by atoms with Crippen LogP contribution in [0.5, 0.6) is 0 Å². The Labute approximate surface area is 111 Å². The minimum absolute atomic E-state index is 0.484. The fourth-order valence-electron chi connectivity index (χ4n) is 3.19. The van der Waals surface area contributed by atoms with Gasteiger partial charge in [-0.25, -0.2) is 0 Å². The van der Waals surface area contributed by atoms with E-state index in [0.29, 0.717) is 12.1 Å². The summed E-state index contributed by atoms with van der Waals surface area (Å²) in [6.45, 7) is 6.59. The molecule has 0 saturated carbocycles.